The Morgan fingerprint density at radius 2 is 1.83 bits per heavy atom. The third-order valence-corrected chi connectivity index (χ3v) is 4.12. The zero-order valence-electron chi connectivity index (χ0n) is 12.7. The third-order valence-electron chi connectivity index (χ3n) is 4.12. The van der Waals surface area contributed by atoms with Gasteiger partial charge in [-0.2, -0.15) is 0 Å². The van der Waals surface area contributed by atoms with Gasteiger partial charge in [-0.1, -0.05) is 30.3 Å². The second-order valence-corrected chi connectivity index (χ2v) is 5.72. The van der Waals surface area contributed by atoms with E-state index in [0.29, 0.717) is 18.8 Å². The number of rotatable bonds is 4. The van der Waals surface area contributed by atoms with E-state index in [0.717, 1.165) is 5.56 Å². The molecule has 2 aromatic carbocycles. The van der Waals surface area contributed by atoms with E-state index in [2.05, 4.69) is 0 Å². The molecule has 0 aliphatic carbocycles. The zero-order valence-corrected chi connectivity index (χ0v) is 12.7. The van der Waals surface area contributed by atoms with Gasteiger partial charge in [0.25, 0.3) is 5.91 Å². The van der Waals surface area contributed by atoms with E-state index in [9.17, 15) is 9.18 Å². The molecule has 0 spiro atoms. The van der Waals surface area contributed by atoms with Gasteiger partial charge >= 0.3 is 0 Å². The molecule has 0 bridgehead atoms. The van der Waals surface area contributed by atoms with Gasteiger partial charge in [0, 0.05) is 25.0 Å². The minimum absolute atomic E-state index is 0.0696. The van der Waals surface area contributed by atoms with Gasteiger partial charge in [-0.25, -0.2) is 4.39 Å². The Morgan fingerprint density at radius 3 is 2.52 bits per heavy atom. The molecule has 1 amide bonds. The third kappa shape index (κ3) is 3.68. The first-order valence-corrected chi connectivity index (χ1v) is 7.60. The summed E-state index contributed by atoms with van der Waals surface area (Å²) in [6, 6.07) is 15.5. The SMILES string of the molecule is N[C@@H]1CN(C(=O)COc2ccc(F)cc2)C[C@H]1c1ccccc1. The highest BCUT2D eigenvalue weighted by molar-refractivity contribution is 5.78. The molecule has 1 fully saturated rings. The predicted octanol–water partition coefficient (Wildman–Crippen LogP) is 2.16. The van der Waals surface area contributed by atoms with Gasteiger partial charge in [-0.05, 0) is 29.8 Å². The maximum atomic E-state index is 12.8. The fraction of sp³-hybridized carbons (Fsp3) is 0.278. The Hall–Kier alpha value is -2.40. The van der Waals surface area contributed by atoms with Crippen LogP contribution in [0, 0.1) is 5.82 Å². The van der Waals surface area contributed by atoms with Crippen molar-refractivity contribution in [2.45, 2.75) is 12.0 Å². The molecule has 3 rings (SSSR count). The van der Waals surface area contributed by atoms with Crippen LogP contribution >= 0.6 is 0 Å². The number of ether oxygens (including phenoxy) is 1. The molecule has 0 radical (unpaired) electrons. The van der Waals surface area contributed by atoms with Crippen molar-refractivity contribution < 1.29 is 13.9 Å². The molecule has 4 nitrogen and oxygen atoms in total. The molecular weight excluding hydrogens is 295 g/mol. The van der Waals surface area contributed by atoms with E-state index in [1.54, 1.807) is 4.90 Å². The molecule has 1 heterocycles. The smallest absolute Gasteiger partial charge is 0.260 e. The van der Waals surface area contributed by atoms with Gasteiger partial charge in [0.2, 0.25) is 0 Å². The molecule has 1 aliphatic rings. The molecule has 0 saturated carbocycles. The van der Waals surface area contributed by atoms with Crippen LogP contribution in [-0.4, -0.2) is 36.5 Å². The van der Waals surface area contributed by atoms with Crippen molar-refractivity contribution in [1.29, 1.82) is 0 Å². The summed E-state index contributed by atoms with van der Waals surface area (Å²) in [7, 11) is 0. The van der Waals surface area contributed by atoms with Gasteiger partial charge in [0.15, 0.2) is 6.61 Å². The van der Waals surface area contributed by atoms with Crippen LogP contribution in [0.25, 0.3) is 0 Å². The van der Waals surface area contributed by atoms with Crippen LogP contribution in [0.15, 0.2) is 54.6 Å². The number of benzene rings is 2. The average Bonchev–Trinajstić information content (AvgIpc) is 2.97. The number of nitrogens with two attached hydrogens (primary N) is 1. The Balaban J connectivity index is 1.57. The predicted molar refractivity (Wildman–Crippen MR) is 85.6 cm³/mol. The maximum absolute atomic E-state index is 12.8. The molecule has 1 aliphatic heterocycles. The van der Waals surface area contributed by atoms with Crippen LogP contribution in [-0.2, 0) is 4.79 Å². The van der Waals surface area contributed by atoms with Crippen molar-refractivity contribution in [3.8, 4) is 5.75 Å². The van der Waals surface area contributed by atoms with E-state index in [1.165, 1.54) is 24.3 Å². The summed E-state index contributed by atoms with van der Waals surface area (Å²) in [4.78, 5) is 14.0. The van der Waals surface area contributed by atoms with Crippen LogP contribution in [0.5, 0.6) is 5.75 Å². The van der Waals surface area contributed by atoms with Gasteiger partial charge in [0.05, 0.1) is 0 Å². The van der Waals surface area contributed by atoms with E-state index in [-0.39, 0.29) is 30.3 Å². The molecule has 120 valence electrons. The fourth-order valence-electron chi connectivity index (χ4n) is 2.85. The molecule has 0 unspecified atom stereocenters. The summed E-state index contributed by atoms with van der Waals surface area (Å²) in [5, 5.41) is 0. The largest absolute Gasteiger partial charge is 0.484 e. The van der Waals surface area contributed by atoms with Gasteiger partial charge < -0.3 is 15.4 Å². The highest BCUT2D eigenvalue weighted by atomic mass is 19.1. The summed E-state index contributed by atoms with van der Waals surface area (Å²) in [5.41, 5.74) is 7.33. The quantitative estimate of drug-likeness (QED) is 0.941. The topological polar surface area (TPSA) is 55.6 Å². The standard InChI is InChI=1S/C18H19FN2O2/c19-14-6-8-15(9-7-14)23-12-18(22)21-10-16(17(20)11-21)13-4-2-1-3-5-13/h1-9,16-17H,10-12,20H2/t16-,17+/m0/s1. The minimum Gasteiger partial charge on any atom is -0.484 e. The molecule has 0 aromatic heterocycles. The van der Waals surface area contributed by atoms with Crippen molar-refractivity contribution in [2.24, 2.45) is 5.73 Å². The second kappa shape index (κ2) is 6.79. The number of amides is 1. The monoisotopic (exact) mass is 314 g/mol. The lowest BCUT2D eigenvalue weighted by atomic mass is 9.95. The molecule has 23 heavy (non-hydrogen) atoms. The van der Waals surface area contributed by atoms with E-state index in [4.69, 9.17) is 10.5 Å². The van der Waals surface area contributed by atoms with Crippen molar-refractivity contribution in [3.63, 3.8) is 0 Å². The summed E-state index contributed by atoms with van der Waals surface area (Å²) in [6.07, 6.45) is 0. The first-order valence-electron chi connectivity index (χ1n) is 7.60. The fourth-order valence-corrected chi connectivity index (χ4v) is 2.85. The van der Waals surface area contributed by atoms with E-state index < -0.39 is 0 Å². The summed E-state index contributed by atoms with van der Waals surface area (Å²) in [6.45, 7) is 1.04. The molecule has 5 heteroatoms. The second-order valence-electron chi connectivity index (χ2n) is 5.72. The van der Waals surface area contributed by atoms with Crippen LogP contribution in [0.4, 0.5) is 4.39 Å². The number of carbonyl (C=O) groups excluding carboxylic acids is 1. The van der Waals surface area contributed by atoms with Crippen molar-refractivity contribution >= 4 is 5.91 Å². The average molecular weight is 314 g/mol. The van der Waals surface area contributed by atoms with Crippen LogP contribution in [0.2, 0.25) is 0 Å². The van der Waals surface area contributed by atoms with Crippen molar-refractivity contribution in [2.75, 3.05) is 19.7 Å². The van der Waals surface area contributed by atoms with Crippen LogP contribution in [0.1, 0.15) is 11.5 Å². The highest BCUT2D eigenvalue weighted by Crippen LogP contribution is 2.26. The number of nitrogens with zero attached hydrogens (tertiary/aromatic N) is 1. The molecule has 2 aromatic rings. The summed E-state index contributed by atoms with van der Waals surface area (Å²) in [5.74, 6) is 0.178. The Morgan fingerprint density at radius 1 is 1.13 bits per heavy atom. The summed E-state index contributed by atoms with van der Waals surface area (Å²) < 4.78 is 18.2. The first kappa shape index (κ1) is 15.5. The molecule has 2 N–H and O–H groups in total. The van der Waals surface area contributed by atoms with E-state index >= 15 is 0 Å². The lowest BCUT2D eigenvalue weighted by molar-refractivity contribution is -0.132. The number of carbonyl (C=O) groups is 1. The Bertz CT molecular complexity index is 660. The number of halogens is 1. The lowest BCUT2D eigenvalue weighted by Crippen LogP contribution is -2.35. The number of hydrogen-bond donors (Lipinski definition) is 1. The minimum atomic E-state index is -0.333. The normalized spacial score (nSPS) is 20.5. The van der Waals surface area contributed by atoms with E-state index in [1.807, 2.05) is 30.3 Å². The molecular formula is C18H19FN2O2. The van der Waals surface area contributed by atoms with Crippen molar-refractivity contribution in [3.05, 3.63) is 66.0 Å². The van der Waals surface area contributed by atoms with Gasteiger partial charge in [-0.3, -0.25) is 4.79 Å². The number of hydrogen-bond acceptors (Lipinski definition) is 3. The summed E-state index contributed by atoms with van der Waals surface area (Å²) >= 11 is 0. The zero-order chi connectivity index (χ0) is 16.2. The number of likely N-dealkylation sites (tertiary alicyclic amines) is 1. The van der Waals surface area contributed by atoms with Crippen LogP contribution < -0.4 is 10.5 Å². The molecule has 2 atom stereocenters. The maximum Gasteiger partial charge on any atom is 0.260 e. The molecule has 1 saturated heterocycles. The van der Waals surface area contributed by atoms with Gasteiger partial charge in [0.1, 0.15) is 11.6 Å². The van der Waals surface area contributed by atoms with Crippen LogP contribution in [0.3, 0.4) is 0 Å². The van der Waals surface area contributed by atoms with Gasteiger partial charge in [-0.15, -0.1) is 0 Å². The first-order chi connectivity index (χ1) is 11.1. The van der Waals surface area contributed by atoms with Crippen molar-refractivity contribution in [1.82, 2.24) is 4.90 Å². The Labute approximate surface area is 134 Å². The Kier molecular flexibility index (Phi) is 4.57. The lowest BCUT2D eigenvalue weighted by Gasteiger charge is -2.17. The highest BCUT2D eigenvalue weighted by Gasteiger charge is 2.33.